The van der Waals surface area contributed by atoms with Crippen molar-refractivity contribution >= 4 is 23.3 Å². The number of fused-ring (bicyclic) bond motifs is 1. The first-order valence-corrected chi connectivity index (χ1v) is 8.82. The maximum atomic E-state index is 15.0. The summed E-state index contributed by atoms with van der Waals surface area (Å²) in [5.74, 6) is -0.655. The Morgan fingerprint density at radius 3 is 2.43 bits per heavy atom. The first kappa shape index (κ1) is 17.7. The number of carbonyl (C=O) groups is 2. The van der Waals surface area contributed by atoms with Crippen LogP contribution in [0.4, 0.5) is 20.6 Å². The van der Waals surface area contributed by atoms with Gasteiger partial charge in [0, 0.05) is 17.7 Å². The van der Waals surface area contributed by atoms with Crippen molar-refractivity contribution in [1.82, 2.24) is 5.32 Å². The Morgan fingerprint density at radius 2 is 1.71 bits per heavy atom. The summed E-state index contributed by atoms with van der Waals surface area (Å²) in [5, 5.41) is 2.76. The van der Waals surface area contributed by atoms with Crippen LogP contribution in [0.25, 0.3) is 11.1 Å². The number of urea groups is 1. The minimum atomic E-state index is -0.701. The van der Waals surface area contributed by atoms with Crippen LogP contribution in [0, 0.1) is 12.7 Å². The van der Waals surface area contributed by atoms with E-state index in [0.29, 0.717) is 34.6 Å². The summed E-state index contributed by atoms with van der Waals surface area (Å²) in [6, 6.07) is 16.3. The normalized spacial score (nSPS) is 12.4. The molecule has 3 N–H and O–H groups in total. The molecule has 5 nitrogen and oxygen atoms in total. The number of amides is 3. The average molecular weight is 375 g/mol. The van der Waals surface area contributed by atoms with Gasteiger partial charge in [-0.05, 0) is 60.0 Å². The summed E-state index contributed by atoms with van der Waals surface area (Å²) in [6.07, 6.45) is 0. The number of carbonyl (C=O) groups excluding carboxylic acids is 2. The van der Waals surface area contributed by atoms with Crippen LogP contribution in [-0.4, -0.2) is 11.9 Å². The predicted octanol–water partition coefficient (Wildman–Crippen LogP) is 4.26. The van der Waals surface area contributed by atoms with Crippen LogP contribution in [-0.2, 0) is 6.54 Å². The fourth-order valence-corrected chi connectivity index (χ4v) is 3.54. The van der Waals surface area contributed by atoms with Crippen LogP contribution in [0.5, 0.6) is 0 Å². The summed E-state index contributed by atoms with van der Waals surface area (Å²) in [5.41, 5.74) is 9.76. The Morgan fingerprint density at radius 1 is 1.00 bits per heavy atom. The molecule has 0 saturated heterocycles. The van der Waals surface area contributed by atoms with E-state index in [1.54, 1.807) is 42.5 Å². The molecule has 0 fully saturated rings. The third kappa shape index (κ3) is 2.99. The van der Waals surface area contributed by atoms with Gasteiger partial charge in [0.1, 0.15) is 5.82 Å². The molecule has 3 aromatic rings. The van der Waals surface area contributed by atoms with Gasteiger partial charge in [-0.2, -0.15) is 0 Å². The van der Waals surface area contributed by atoms with Gasteiger partial charge in [0.15, 0.2) is 0 Å². The molecule has 0 unspecified atom stereocenters. The number of rotatable bonds is 3. The smallest absolute Gasteiger partial charge is 0.323 e. The molecule has 0 spiro atoms. The lowest BCUT2D eigenvalue weighted by Gasteiger charge is -2.22. The lowest BCUT2D eigenvalue weighted by molar-refractivity contribution is 0.0965. The second-order valence-corrected chi connectivity index (χ2v) is 6.69. The number of primary amides is 1. The Bertz CT molecular complexity index is 1110. The van der Waals surface area contributed by atoms with Crippen molar-refractivity contribution in [2.75, 3.05) is 4.90 Å². The average Bonchev–Trinajstić information content (AvgIpc) is 3.03. The molecular formula is C22H18FN3O2. The van der Waals surface area contributed by atoms with Crippen LogP contribution < -0.4 is 16.0 Å². The second kappa shape index (κ2) is 6.81. The zero-order valence-electron chi connectivity index (χ0n) is 15.2. The zero-order chi connectivity index (χ0) is 19.8. The van der Waals surface area contributed by atoms with Crippen molar-refractivity contribution < 1.29 is 14.0 Å². The summed E-state index contributed by atoms with van der Waals surface area (Å²) in [4.78, 5) is 25.2. The maximum absolute atomic E-state index is 15.0. The van der Waals surface area contributed by atoms with Crippen molar-refractivity contribution in [3.63, 3.8) is 0 Å². The number of hydrogen-bond donors (Lipinski definition) is 2. The number of nitrogens with two attached hydrogens (primary N) is 1. The quantitative estimate of drug-likeness (QED) is 0.718. The largest absolute Gasteiger partial charge is 0.351 e. The molecular weight excluding hydrogens is 357 g/mol. The zero-order valence-corrected chi connectivity index (χ0v) is 15.2. The Balaban J connectivity index is 1.78. The van der Waals surface area contributed by atoms with E-state index in [1.807, 2.05) is 19.1 Å². The molecule has 3 amide bonds. The van der Waals surface area contributed by atoms with Gasteiger partial charge in [0.05, 0.1) is 11.4 Å². The van der Waals surface area contributed by atoms with E-state index in [9.17, 15) is 9.59 Å². The minimum Gasteiger partial charge on any atom is -0.351 e. The van der Waals surface area contributed by atoms with Gasteiger partial charge in [-0.15, -0.1) is 0 Å². The number of benzene rings is 3. The Labute approximate surface area is 161 Å². The van der Waals surface area contributed by atoms with Crippen LogP contribution in [0.15, 0.2) is 60.7 Å². The summed E-state index contributed by atoms with van der Waals surface area (Å²) >= 11 is 0. The molecule has 4 rings (SSSR count). The third-order valence-electron chi connectivity index (χ3n) is 4.83. The molecule has 1 aliphatic heterocycles. The monoisotopic (exact) mass is 375 g/mol. The molecule has 1 heterocycles. The Hall–Kier alpha value is -3.67. The first-order chi connectivity index (χ1) is 13.5. The van der Waals surface area contributed by atoms with Crippen molar-refractivity contribution in [1.29, 1.82) is 0 Å². The van der Waals surface area contributed by atoms with Gasteiger partial charge in [0.2, 0.25) is 0 Å². The molecule has 140 valence electrons. The highest BCUT2D eigenvalue weighted by Crippen LogP contribution is 2.34. The lowest BCUT2D eigenvalue weighted by atomic mass is 9.96. The lowest BCUT2D eigenvalue weighted by Crippen LogP contribution is -2.31. The van der Waals surface area contributed by atoms with Crippen molar-refractivity contribution in [2.45, 2.75) is 13.5 Å². The summed E-state index contributed by atoms with van der Waals surface area (Å²) in [7, 11) is 0. The molecule has 28 heavy (non-hydrogen) atoms. The second-order valence-electron chi connectivity index (χ2n) is 6.69. The number of hydrogen-bond acceptors (Lipinski definition) is 2. The highest BCUT2D eigenvalue weighted by molar-refractivity contribution is 6.01. The molecule has 3 aromatic carbocycles. The van der Waals surface area contributed by atoms with Crippen molar-refractivity contribution in [2.24, 2.45) is 5.73 Å². The van der Waals surface area contributed by atoms with E-state index < -0.39 is 11.8 Å². The van der Waals surface area contributed by atoms with E-state index in [-0.39, 0.29) is 5.91 Å². The number of nitrogens with one attached hydrogen (secondary N) is 1. The van der Waals surface area contributed by atoms with Gasteiger partial charge in [0.25, 0.3) is 5.91 Å². The first-order valence-electron chi connectivity index (χ1n) is 8.82. The molecule has 0 aromatic heterocycles. The molecule has 0 aliphatic carbocycles. The van der Waals surface area contributed by atoms with Crippen LogP contribution in [0.1, 0.15) is 21.5 Å². The van der Waals surface area contributed by atoms with Crippen LogP contribution >= 0.6 is 0 Å². The molecule has 0 bridgehead atoms. The maximum Gasteiger partial charge on any atom is 0.323 e. The topological polar surface area (TPSA) is 75.4 Å². The molecule has 0 radical (unpaired) electrons. The van der Waals surface area contributed by atoms with Gasteiger partial charge in [-0.25, -0.2) is 9.18 Å². The number of anilines is 2. The number of nitrogens with zero attached hydrogens (tertiary/aromatic N) is 1. The van der Waals surface area contributed by atoms with Crippen molar-refractivity contribution in [3.8, 4) is 11.1 Å². The summed E-state index contributed by atoms with van der Waals surface area (Å²) < 4.78 is 15.0. The molecule has 0 atom stereocenters. The highest BCUT2D eigenvalue weighted by atomic mass is 19.1. The number of aryl methyl sites for hydroxylation is 1. The third-order valence-corrected chi connectivity index (χ3v) is 4.83. The van der Waals surface area contributed by atoms with Gasteiger partial charge in [-0.3, -0.25) is 9.69 Å². The van der Waals surface area contributed by atoms with E-state index in [1.165, 1.54) is 11.0 Å². The van der Waals surface area contributed by atoms with Gasteiger partial charge < -0.3 is 11.1 Å². The van der Waals surface area contributed by atoms with Crippen LogP contribution in [0.3, 0.4) is 0 Å². The van der Waals surface area contributed by atoms with Gasteiger partial charge >= 0.3 is 6.03 Å². The van der Waals surface area contributed by atoms with Crippen molar-refractivity contribution in [3.05, 3.63) is 83.2 Å². The Kier molecular flexibility index (Phi) is 4.31. The molecule has 1 aliphatic rings. The van der Waals surface area contributed by atoms with E-state index >= 15 is 4.39 Å². The fourth-order valence-electron chi connectivity index (χ4n) is 3.54. The van der Waals surface area contributed by atoms with E-state index in [4.69, 9.17) is 5.73 Å². The fraction of sp³-hybridized carbons (Fsp3) is 0.0909. The highest BCUT2D eigenvalue weighted by Gasteiger charge is 2.24. The predicted molar refractivity (Wildman–Crippen MR) is 106 cm³/mol. The van der Waals surface area contributed by atoms with E-state index in [0.717, 1.165) is 11.1 Å². The SMILES string of the molecule is Cc1cccc(N(C(N)=O)c2ccc(-c3cccc4c3CNC4=O)c(F)c2)c1. The minimum absolute atomic E-state index is 0.159. The molecule has 0 saturated carbocycles. The molecule has 6 heteroatoms. The van der Waals surface area contributed by atoms with E-state index in [2.05, 4.69) is 5.32 Å². The van der Waals surface area contributed by atoms with Gasteiger partial charge in [-0.1, -0.05) is 24.3 Å². The summed E-state index contributed by atoms with van der Waals surface area (Å²) in [6.45, 7) is 2.26. The van der Waals surface area contributed by atoms with Crippen LogP contribution in [0.2, 0.25) is 0 Å². The standard InChI is InChI=1S/C22H18FN3O2/c1-13-4-2-5-14(10-13)26(22(24)28)15-8-9-17(20(23)11-15)16-6-3-7-18-19(16)12-25-21(18)27/h2-11H,12H2,1H3,(H2,24,28)(H,25,27). The number of halogens is 1.